The van der Waals surface area contributed by atoms with E-state index in [1.807, 2.05) is 89.8 Å². The van der Waals surface area contributed by atoms with Crippen LogP contribution in [-0.2, 0) is 23.3 Å². The molecular weight excluding hydrogens is 669 g/mol. The number of alkyl halides is 3. The van der Waals surface area contributed by atoms with Crippen molar-refractivity contribution >= 4 is 40.9 Å². The lowest BCUT2D eigenvalue weighted by Gasteiger charge is -2.40. The molecular formula is C38H36ClF3N4O2S. The largest absolute Gasteiger partial charge is 0.405 e. The molecule has 0 radical (unpaired) electrons. The third-order valence-electron chi connectivity index (χ3n) is 9.75. The van der Waals surface area contributed by atoms with Crippen LogP contribution in [0.1, 0.15) is 45.5 Å². The molecule has 6 nitrogen and oxygen atoms in total. The number of hydrogen-bond donors (Lipinski definition) is 1. The summed E-state index contributed by atoms with van der Waals surface area (Å²) in [5.74, 6) is -0.597. The smallest absolute Gasteiger partial charge is 0.369 e. The van der Waals surface area contributed by atoms with E-state index in [1.165, 1.54) is 0 Å². The highest BCUT2D eigenvalue weighted by molar-refractivity contribution is 7.99. The topological polar surface area (TPSA) is 55.9 Å². The average molecular weight is 705 g/mol. The van der Waals surface area contributed by atoms with Gasteiger partial charge in [0, 0.05) is 65.3 Å². The summed E-state index contributed by atoms with van der Waals surface area (Å²) in [6.07, 6.45) is -3.51. The minimum absolute atomic E-state index is 0.0212. The second kappa shape index (κ2) is 13.7. The molecule has 0 unspecified atom stereocenters. The first-order valence-corrected chi connectivity index (χ1v) is 17.7. The summed E-state index contributed by atoms with van der Waals surface area (Å²) in [6.45, 7) is 3.55. The summed E-state index contributed by atoms with van der Waals surface area (Å²) in [5.41, 5.74) is 4.04. The molecule has 3 aliphatic heterocycles. The predicted octanol–water partition coefficient (Wildman–Crippen LogP) is 7.53. The maximum atomic E-state index is 13.9. The molecule has 0 aromatic heterocycles. The van der Waals surface area contributed by atoms with Crippen molar-refractivity contribution in [1.82, 2.24) is 15.1 Å². The zero-order chi connectivity index (χ0) is 34.2. The van der Waals surface area contributed by atoms with Crippen molar-refractivity contribution in [3.8, 4) is 0 Å². The van der Waals surface area contributed by atoms with Crippen molar-refractivity contribution in [3.63, 3.8) is 0 Å². The minimum Gasteiger partial charge on any atom is -0.369 e. The van der Waals surface area contributed by atoms with Crippen LogP contribution in [0.15, 0.2) is 101 Å². The lowest BCUT2D eigenvalue weighted by atomic mass is 9.70. The van der Waals surface area contributed by atoms with Crippen molar-refractivity contribution in [3.05, 3.63) is 124 Å². The van der Waals surface area contributed by atoms with Gasteiger partial charge in [-0.05, 0) is 78.0 Å². The molecule has 4 aromatic carbocycles. The van der Waals surface area contributed by atoms with E-state index in [9.17, 15) is 22.8 Å². The molecule has 3 heterocycles. The molecule has 4 aromatic rings. The Kier molecular flexibility index (Phi) is 9.39. The Labute approximate surface area is 293 Å². The monoisotopic (exact) mass is 704 g/mol. The maximum Gasteiger partial charge on any atom is 0.405 e. The van der Waals surface area contributed by atoms with Crippen LogP contribution in [0.4, 0.5) is 18.9 Å². The van der Waals surface area contributed by atoms with E-state index in [1.54, 1.807) is 11.8 Å². The van der Waals surface area contributed by atoms with Gasteiger partial charge in [-0.3, -0.25) is 14.5 Å². The second-order valence-corrected chi connectivity index (χ2v) is 14.4. The fraction of sp³-hybridized carbons (Fsp3) is 0.316. The number of carbonyl (C=O) groups excluding carboxylic acids is 2. The Balaban J connectivity index is 1.01. The molecule has 0 aliphatic carbocycles. The van der Waals surface area contributed by atoms with E-state index in [2.05, 4.69) is 21.2 Å². The van der Waals surface area contributed by atoms with Crippen LogP contribution in [-0.4, -0.2) is 67.1 Å². The number of benzene rings is 4. The summed E-state index contributed by atoms with van der Waals surface area (Å²) in [5, 5.41) is 2.89. The zero-order valence-corrected chi connectivity index (χ0v) is 28.4. The SMILES string of the molecule is O=C1c2cc(N3CCN(CCCC4(C(=O)NCC(F)(F)F)c5ccccc5Sc5ccccc54)CC3)ccc2CN1Cc1cccc(Cl)c1. The van der Waals surface area contributed by atoms with Crippen molar-refractivity contribution in [2.75, 3.05) is 44.2 Å². The number of nitrogens with zero attached hydrogens (tertiary/aromatic N) is 3. The van der Waals surface area contributed by atoms with Gasteiger partial charge in [0.15, 0.2) is 0 Å². The lowest BCUT2D eigenvalue weighted by Crippen LogP contribution is -2.50. The van der Waals surface area contributed by atoms with E-state index < -0.39 is 24.0 Å². The number of carbonyl (C=O) groups is 2. The molecule has 49 heavy (non-hydrogen) atoms. The highest BCUT2D eigenvalue weighted by Gasteiger charge is 2.47. The summed E-state index contributed by atoms with van der Waals surface area (Å²) < 4.78 is 39.9. The van der Waals surface area contributed by atoms with Gasteiger partial charge in [0.1, 0.15) is 12.0 Å². The predicted molar refractivity (Wildman–Crippen MR) is 186 cm³/mol. The van der Waals surface area contributed by atoms with Crippen LogP contribution in [0.25, 0.3) is 0 Å². The first kappa shape index (κ1) is 33.5. The normalized spacial score (nSPS) is 17.0. The Bertz CT molecular complexity index is 1830. The van der Waals surface area contributed by atoms with Crippen LogP contribution in [0, 0.1) is 0 Å². The molecule has 3 aliphatic rings. The number of anilines is 1. The van der Waals surface area contributed by atoms with Crippen molar-refractivity contribution in [1.29, 1.82) is 0 Å². The second-order valence-electron chi connectivity index (χ2n) is 12.9. The minimum atomic E-state index is -4.51. The molecule has 7 rings (SSSR count). The van der Waals surface area contributed by atoms with Gasteiger partial charge in [-0.15, -0.1) is 0 Å². The zero-order valence-electron chi connectivity index (χ0n) is 26.8. The number of nitrogens with one attached hydrogen (secondary N) is 1. The van der Waals surface area contributed by atoms with Gasteiger partial charge in [0.05, 0.1) is 0 Å². The highest BCUT2D eigenvalue weighted by atomic mass is 35.5. The Morgan fingerprint density at radius 2 is 1.57 bits per heavy atom. The van der Waals surface area contributed by atoms with Crippen molar-refractivity contribution < 1.29 is 22.8 Å². The average Bonchev–Trinajstić information content (AvgIpc) is 3.40. The van der Waals surface area contributed by atoms with Gasteiger partial charge >= 0.3 is 6.18 Å². The number of piperazine rings is 1. The van der Waals surface area contributed by atoms with E-state index in [0.717, 1.165) is 69.5 Å². The summed E-state index contributed by atoms with van der Waals surface area (Å²) in [7, 11) is 0. The number of halogens is 4. The quantitative estimate of drug-likeness (QED) is 0.195. The fourth-order valence-corrected chi connectivity index (χ4v) is 8.81. The first-order chi connectivity index (χ1) is 23.6. The van der Waals surface area contributed by atoms with Gasteiger partial charge < -0.3 is 15.1 Å². The van der Waals surface area contributed by atoms with Crippen molar-refractivity contribution in [2.24, 2.45) is 0 Å². The van der Waals surface area contributed by atoms with E-state index in [4.69, 9.17) is 11.6 Å². The molecule has 254 valence electrons. The number of amides is 2. The molecule has 2 amide bonds. The molecule has 1 saturated heterocycles. The molecule has 0 spiro atoms. The van der Waals surface area contributed by atoms with E-state index >= 15 is 0 Å². The number of fused-ring (bicyclic) bond motifs is 3. The van der Waals surface area contributed by atoms with Crippen LogP contribution in [0.5, 0.6) is 0 Å². The van der Waals surface area contributed by atoms with Crippen LogP contribution in [0.2, 0.25) is 5.02 Å². The third-order valence-corrected chi connectivity index (χ3v) is 11.1. The molecule has 1 N–H and O–H groups in total. The standard InChI is InChI=1S/C38H36ClF3N4O2S/c39-28-8-5-7-26(21-28)23-46-24-27-13-14-29(22-30(27)35(46)47)45-19-17-44(18-20-45)16-6-15-37(36(48)43-25-38(40,41)42)31-9-1-3-11-33(31)49-34-12-4-2-10-32(34)37/h1-5,7-14,21-22H,6,15-20,23-25H2,(H,43,48). The van der Waals surface area contributed by atoms with Crippen LogP contribution < -0.4 is 10.2 Å². The Morgan fingerprint density at radius 3 is 2.24 bits per heavy atom. The molecule has 1 fully saturated rings. The van der Waals surface area contributed by atoms with Gasteiger partial charge in [0.25, 0.3) is 5.91 Å². The fourth-order valence-electron chi connectivity index (χ4n) is 7.37. The number of rotatable bonds is 9. The summed E-state index contributed by atoms with van der Waals surface area (Å²) in [4.78, 5) is 35.5. The molecule has 0 saturated carbocycles. The third kappa shape index (κ3) is 6.91. The Hall–Kier alpha value is -3.99. The van der Waals surface area contributed by atoms with Gasteiger partial charge in [-0.25, -0.2) is 0 Å². The van der Waals surface area contributed by atoms with Gasteiger partial charge in [-0.1, -0.05) is 78.0 Å². The van der Waals surface area contributed by atoms with Crippen molar-refractivity contribution in [2.45, 2.75) is 47.3 Å². The molecule has 0 bridgehead atoms. The van der Waals surface area contributed by atoms with Gasteiger partial charge in [0.2, 0.25) is 5.91 Å². The summed E-state index contributed by atoms with van der Waals surface area (Å²) in [6, 6.07) is 28.8. The Morgan fingerprint density at radius 1 is 0.878 bits per heavy atom. The number of hydrogen-bond acceptors (Lipinski definition) is 5. The maximum absolute atomic E-state index is 13.9. The first-order valence-electron chi connectivity index (χ1n) is 16.5. The van der Waals surface area contributed by atoms with Crippen LogP contribution >= 0.6 is 23.4 Å². The lowest BCUT2D eigenvalue weighted by molar-refractivity contribution is -0.141. The van der Waals surface area contributed by atoms with E-state index in [-0.39, 0.29) is 5.91 Å². The molecule has 0 atom stereocenters. The van der Waals surface area contributed by atoms with E-state index in [0.29, 0.717) is 37.5 Å². The molecule has 11 heteroatoms. The highest BCUT2D eigenvalue weighted by Crippen LogP contribution is 2.51. The van der Waals surface area contributed by atoms with Gasteiger partial charge in [-0.2, -0.15) is 13.2 Å². The van der Waals surface area contributed by atoms with Crippen LogP contribution in [0.3, 0.4) is 0 Å². The summed E-state index contributed by atoms with van der Waals surface area (Å²) >= 11 is 7.70.